The molecule has 1 nitrogen and oxygen atoms in total. The molecular weight excluding hydrogens is 142 g/mol. The Morgan fingerprint density at radius 2 is 2.30 bits per heavy atom. The molecule has 2 heteroatoms. The SMILES string of the molecule is CS/C(C)=C\C=N\C1C=C1. The summed E-state index contributed by atoms with van der Waals surface area (Å²) in [6, 6.07) is 0.408. The van der Waals surface area contributed by atoms with Crippen LogP contribution in [0.4, 0.5) is 0 Å². The molecule has 1 aliphatic carbocycles. The van der Waals surface area contributed by atoms with Gasteiger partial charge < -0.3 is 0 Å². The van der Waals surface area contributed by atoms with Gasteiger partial charge in [-0.2, -0.15) is 0 Å². The Labute approximate surface area is 65.9 Å². The van der Waals surface area contributed by atoms with E-state index in [9.17, 15) is 0 Å². The fourth-order valence-corrected chi connectivity index (χ4v) is 0.661. The third-order valence-corrected chi connectivity index (χ3v) is 2.03. The van der Waals surface area contributed by atoms with Crippen molar-refractivity contribution < 1.29 is 0 Å². The number of thioether (sulfide) groups is 1. The molecule has 0 aromatic heterocycles. The van der Waals surface area contributed by atoms with Crippen LogP contribution in [0.5, 0.6) is 0 Å². The van der Waals surface area contributed by atoms with Crippen LogP contribution in [-0.2, 0) is 0 Å². The lowest BCUT2D eigenvalue weighted by Crippen LogP contribution is -1.76. The van der Waals surface area contributed by atoms with Gasteiger partial charge in [-0.15, -0.1) is 11.8 Å². The van der Waals surface area contributed by atoms with Crippen LogP contribution in [0.15, 0.2) is 28.1 Å². The smallest absolute Gasteiger partial charge is 0.0862 e. The zero-order valence-corrected chi connectivity index (χ0v) is 7.06. The topological polar surface area (TPSA) is 12.4 Å². The number of allylic oxidation sites excluding steroid dienone is 2. The maximum absolute atomic E-state index is 4.20. The molecule has 1 aliphatic rings. The van der Waals surface area contributed by atoms with E-state index >= 15 is 0 Å². The standard InChI is InChI=1S/C8H11NS/c1-7(10-2)5-6-9-8-3-4-8/h3-6,8H,1-2H3/b7-5-,9-6+. The van der Waals surface area contributed by atoms with E-state index in [0.717, 1.165) is 0 Å². The van der Waals surface area contributed by atoms with E-state index in [1.807, 2.05) is 12.3 Å². The Balaban J connectivity index is 2.24. The number of nitrogens with zero attached hydrogens (tertiary/aromatic N) is 1. The van der Waals surface area contributed by atoms with Crippen molar-refractivity contribution in [3.63, 3.8) is 0 Å². The highest BCUT2D eigenvalue weighted by atomic mass is 32.2. The van der Waals surface area contributed by atoms with E-state index in [2.05, 4.69) is 30.3 Å². The number of rotatable bonds is 3. The third kappa shape index (κ3) is 2.87. The van der Waals surface area contributed by atoms with E-state index in [1.165, 1.54) is 4.91 Å². The molecule has 0 bridgehead atoms. The lowest BCUT2D eigenvalue weighted by atomic mass is 10.5. The molecule has 54 valence electrons. The predicted molar refractivity (Wildman–Crippen MR) is 48.7 cm³/mol. The fourth-order valence-electron chi connectivity index (χ4n) is 0.464. The maximum Gasteiger partial charge on any atom is 0.0862 e. The van der Waals surface area contributed by atoms with Crippen molar-refractivity contribution in [3.8, 4) is 0 Å². The Hall–Kier alpha value is -0.500. The van der Waals surface area contributed by atoms with Gasteiger partial charge in [0.1, 0.15) is 0 Å². The van der Waals surface area contributed by atoms with Gasteiger partial charge in [0.15, 0.2) is 0 Å². The van der Waals surface area contributed by atoms with Crippen LogP contribution in [0, 0.1) is 0 Å². The van der Waals surface area contributed by atoms with Crippen molar-refractivity contribution in [1.82, 2.24) is 0 Å². The summed E-state index contributed by atoms with van der Waals surface area (Å²) in [5.74, 6) is 0. The van der Waals surface area contributed by atoms with Gasteiger partial charge >= 0.3 is 0 Å². The molecule has 0 aliphatic heterocycles. The van der Waals surface area contributed by atoms with Gasteiger partial charge in [-0.25, -0.2) is 0 Å². The molecule has 10 heavy (non-hydrogen) atoms. The molecule has 0 amide bonds. The third-order valence-electron chi connectivity index (χ3n) is 1.25. The second kappa shape index (κ2) is 3.62. The minimum absolute atomic E-state index is 0.408. The Kier molecular flexibility index (Phi) is 2.75. The van der Waals surface area contributed by atoms with E-state index in [4.69, 9.17) is 0 Å². The van der Waals surface area contributed by atoms with Gasteiger partial charge in [0.2, 0.25) is 0 Å². The normalized spacial score (nSPS) is 18.8. The van der Waals surface area contributed by atoms with Crippen LogP contribution < -0.4 is 0 Å². The quantitative estimate of drug-likeness (QED) is 0.447. The number of aliphatic imine (C=N–C) groups is 1. The van der Waals surface area contributed by atoms with Gasteiger partial charge in [0.25, 0.3) is 0 Å². The molecule has 1 rings (SSSR count). The van der Waals surface area contributed by atoms with Crippen LogP contribution in [0.2, 0.25) is 0 Å². The van der Waals surface area contributed by atoms with Crippen molar-refractivity contribution >= 4 is 18.0 Å². The summed E-state index contributed by atoms with van der Waals surface area (Å²) < 4.78 is 0. The first kappa shape index (κ1) is 7.61. The molecule has 0 unspecified atom stereocenters. The van der Waals surface area contributed by atoms with Crippen molar-refractivity contribution in [2.45, 2.75) is 13.0 Å². The molecule has 0 aromatic rings. The van der Waals surface area contributed by atoms with Crippen LogP contribution in [-0.4, -0.2) is 18.5 Å². The Morgan fingerprint density at radius 1 is 1.60 bits per heavy atom. The van der Waals surface area contributed by atoms with Crippen LogP contribution in [0.1, 0.15) is 6.92 Å². The van der Waals surface area contributed by atoms with Gasteiger partial charge in [0, 0.05) is 6.21 Å². The molecule has 0 aromatic carbocycles. The van der Waals surface area contributed by atoms with Crippen LogP contribution in [0.3, 0.4) is 0 Å². The van der Waals surface area contributed by atoms with Gasteiger partial charge in [0.05, 0.1) is 6.04 Å². The highest BCUT2D eigenvalue weighted by Gasteiger charge is 2.04. The van der Waals surface area contributed by atoms with E-state index in [0.29, 0.717) is 6.04 Å². The molecule has 0 heterocycles. The minimum atomic E-state index is 0.408. The first-order valence-corrected chi connectivity index (χ1v) is 4.48. The lowest BCUT2D eigenvalue weighted by Gasteiger charge is -1.88. The largest absolute Gasteiger partial charge is 0.282 e. The highest BCUT2D eigenvalue weighted by Crippen LogP contribution is 2.10. The molecule has 0 N–H and O–H groups in total. The van der Waals surface area contributed by atoms with E-state index in [-0.39, 0.29) is 0 Å². The van der Waals surface area contributed by atoms with Gasteiger partial charge in [-0.1, -0.05) is 12.2 Å². The number of hydrogen-bond donors (Lipinski definition) is 0. The molecule has 0 spiro atoms. The summed E-state index contributed by atoms with van der Waals surface area (Å²) in [5.41, 5.74) is 0. The predicted octanol–water partition coefficient (Wildman–Crippen LogP) is 2.26. The average molecular weight is 153 g/mol. The Morgan fingerprint density at radius 3 is 2.80 bits per heavy atom. The molecule has 0 saturated heterocycles. The van der Waals surface area contributed by atoms with Crippen molar-refractivity contribution in [3.05, 3.63) is 23.1 Å². The molecular formula is C8H11NS. The average Bonchev–Trinajstić information content (AvgIpc) is 2.71. The summed E-state index contributed by atoms with van der Waals surface area (Å²) in [4.78, 5) is 5.49. The molecule has 0 fully saturated rings. The van der Waals surface area contributed by atoms with E-state index in [1.54, 1.807) is 11.8 Å². The molecule has 0 radical (unpaired) electrons. The zero-order chi connectivity index (χ0) is 7.40. The molecule has 0 atom stereocenters. The van der Waals surface area contributed by atoms with Crippen molar-refractivity contribution in [1.29, 1.82) is 0 Å². The molecule has 0 saturated carbocycles. The van der Waals surface area contributed by atoms with Crippen molar-refractivity contribution in [2.24, 2.45) is 4.99 Å². The van der Waals surface area contributed by atoms with Crippen LogP contribution in [0.25, 0.3) is 0 Å². The summed E-state index contributed by atoms with van der Waals surface area (Å²) in [6.07, 6.45) is 10.1. The Bertz CT molecular complexity index is 185. The number of hydrogen-bond acceptors (Lipinski definition) is 2. The fraction of sp³-hybridized carbons (Fsp3) is 0.375. The van der Waals surface area contributed by atoms with E-state index < -0.39 is 0 Å². The maximum atomic E-state index is 4.20. The first-order chi connectivity index (χ1) is 4.83. The van der Waals surface area contributed by atoms with Gasteiger partial charge in [-0.3, -0.25) is 4.99 Å². The first-order valence-electron chi connectivity index (χ1n) is 3.25. The summed E-state index contributed by atoms with van der Waals surface area (Å²) in [5, 5.41) is 0. The lowest BCUT2D eigenvalue weighted by molar-refractivity contribution is 1.17. The monoisotopic (exact) mass is 153 g/mol. The summed E-state index contributed by atoms with van der Waals surface area (Å²) in [7, 11) is 0. The van der Waals surface area contributed by atoms with Crippen LogP contribution >= 0.6 is 11.8 Å². The highest BCUT2D eigenvalue weighted by molar-refractivity contribution is 8.02. The minimum Gasteiger partial charge on any atom is -0.282 e. The summed E-state index contributed by atoms with van der Waals surface area (Å²) in [6.45, 7) is 2.08. The zero-order valence-electron chi connectivity index (χ0n) is 6.24. The van der Waals surface area contributed by atoms with Gasteiger partial charge in [-0.05, 0) is 24.2 Å². The second-order valence-electron chi connectivity index (χ2n) is 2.16. The van der Waals surface area contributed by atoms with Crippen molar-refractivity contribution in [2.75, 3.05) is 6.26 Å². The second-order valence-corrected chi connectivity index (χ2v) is 3.21. The summed E-state index contributed by atoms with van der Waals surface area (Å²) >= 11 is 1.75.